The van der Waals surface area contributed by atoms with Crippen LogP contribution in [0.5, 0.6) is 0 Å². The van der Waals surface area contributed by atoms with E-state index in [-0.39, 0.29) is 0 Å². The van der Waals surface area contributed by atoms with Crippen LogP contribution in [0.4, 0.5) is 0 Å². The number of benzene rings is 2. The summed E-state index contributed by atoms with van der Waals surface area (Å²) in [7, 11) is 2.22. The number of piperidine rings is 2. The minimum atomic E-state index is 0.302. The molecule has 2 unspecified atom stereocenters. The lowest BCUT2D eigenvalue weighted by Crippen LogP contribution is -2.33. The number of nitrogens with zero attached hydrogens (tertiary/aromatic N) is 7. The van der Waals surface area contributed by atoms with Crippen LogP contribution in [-0.4, -0.2) is 67.2 Å². The summed E-state index contributed by atoms with van der Waals surface area (Å²) in [4.78, 5) is 21.2. The lowest BCUT2D eigenvalue weighted by Gasteiger charge is -2.35. The maximum atomic E-state index is 6.54. The molecule has 6 heterocycles. The Labute approximate surface area is 383 Å². The van der Waals surface area contributed by atoms with E-state index in [4.69, 9.17) is 33.2 Å². The molecule has 4 aliphatic rings. The molecule has 0 bridgehead atoms. The van der Waals surface area contributed by atoms with Crippen LogP contribution in [0, 0.1) is 39.5 Å². The molecular weight excluding hydrogens is 820 g/mol. The Bertz CT molecular complexity index is 2640. The van der Waals surface area contributed by atoms with E-state index in [0.717, 1.165) is 73.5 Å². The van der Waals surface area contributed by atoms with Crippen molar-refractivity contribution in [3.63, 3.8) is 0 Å². The Morgan fingerprint density at radius 3 is 1.51 bits per heavy atom. The standard InChI is InChI=1S/C27H31ClN4.C26H29ClN4/c1-18-19(2)32(17-30-18)14-10-21-15-22-5-4-11-29-27(22)26(20-8-12-31(3)13-9-20)24-7-6-23(28)16-25(21)24;1-17-18(2)31(16-30-17)13-9-20-14-21-4-3-10-29-26(21)25(19-7-11-28-12-8-19)23-6-5-22(27)15-24(20)23/h4-7,11,15-17,20,26H,8-10,12-14H2,1-3H3;3-6,10,14-16,19,25,28H,7-9,11-13H2,1-2H3. The second-order valence-corrected chi connectivity index (χ2v) is 19.0. The van der Waals surface area contributed by atoms with Gasteiger partial charge in [0, 0.05) is 58.8 Å². The molecule has 2 fully saturated rings. The summed E-state index contributed by atoms with van der Waals surface area (Å²) in [6, 6.07) is 21.5. The van der Waals surface area contributed by atoms with Crippen LogP contribution < -0.4 is 5.32 Å². The van der Waals surface area contributed by atoms with E-state index in [2.05, 4.69) is 131 Å². The van der Waals surface area contributed by atoms with Crippen LogP contribution in [-0.2, 0) is 13.1 Å². The summed E-state index contributed by atoms with van der Waals surface area (Å²) in [6.45, 7) is 14.7. The molecule has 326 valence electrons. The number of pyridine rings is 2. The van der Waals surface area contributed by atoms with Gasteiger partial charge in [-0.15, -0.1) is 0 Å². The van der Waals surface area contributed by atoms with Crippen LogP contribution in [0.25, 0.3) is 23.3 Å². The van der Waals surface area contributed by atoms with E-state index in [9.17, 15) is 0 Å². The smallest absolute Gasteiger partial charge is 0.0951 e. The molecule has 2 saturated heterocycles. The number of imidazole rings is 2. The van der Waals surface area contributed by atoms with Crippen molar-refractivity contribution in [3.8, 4) is 0 Å². The first kappa shape index (κ1) is 43.4. The first-order chi connectivity index (χ1) is 30.6. The number of nitrogens with one attached hydrogen (secondary N) is 1. The zero-order chi connectivity index (χ0) is 43.6. The van der Waals surface area contributed by atoms with Crippen molar-refractivity contribution >= 4 is 46.5 Å². The summed E-state index contributed by atoms with van der Waals surface area (Å²) in [5.74, 6) is 1.78. The summed E-state index contributed by atoms with van der Waals surface area (Å²) < 4.78 is 4.50. The highest BCUT2D eigenvalue weighted by Crippen LogP contribution is 2.47. The number of rotatable bonds is 8. The summed E-state index contributed by atoms with van der Waals surface area (Å²) in [6.07, 6.45) is 19.1. The van der Waals surface area contributed by atoms with E-state index < -0.39 is 0 Å². The molecule has 0 radical (unpaired) electrons. The molecule has 63 heavy (non-hydrogen) atoms. The monoisotopic (exact) mass is 878 g/mol. The molecule has 8 nitrogen and oxygen atoms in total. The van der Waals surface area contributed by atoms with E-state index >= 15 is 0 Å². The zero-order valence-electron chi connectivity index (χ0n) is 37.4. The minimum Gasteiger partial charge on any atom is -0.334 e. The Morgan fingerprint density at radius 1 is 0.603 bits per heavy atom. The highest BCUT2D eigenvalue weighted by atomic mass is 35.5. The van der Waals surface area contributed by atoms with Crippen molar-refractivity contribution in [1.82, 2.24) is 39.3 Å². The summed E-state index contributed by atoms with van der Waals surface area (Å²) in [5, 5.41) is 5.11. The number of halogens is 2. The number of fused-ring (bicyclic) bond motifs is 4. The van der Waals surface area contributed by atoms with Gasteiger partial charge in [0.1, 0.15) is 0 Å². The minimum absolute atomic E-state index is 0.302. The van der Waals surface area contributed by atoms with Crippen LogP contribution >= 0.6 is 23.2 Å². The second-order valence-electron chi connectivity index (χ2n) is 18.2. The highest BCUT2D eigenvalue weighted by molar-refractivity contribution is 6.31. The molecule has 1 N–H and O–H groups in total. The third kappa shape index (κ3) is 9.24. The molecule has 0 amide bonds. The van der Waals surface area contributed by atoms with Gasteiger partial charge in [-0.05, 0) is 204 Å². The predicted octanol–water partition coefficient (Wildman–Crippen LogP) is 11.6. The molecule has 6 aromatic rings. The molecule has 0 spiro atoms. The second kappa shape index (κ2) is 19.1. The average Bonchev–Trinajstić information content (AvgIpc) is 3.69. The molecule has 2 atom stereocenters. The van der Waals surface area contributed by atoms with Crippen LogP contribution in [0.2, 0.25) is 10.0 Å². The topological polar surface area (TPSA) is 76.7 Å². The van der Waals surface area contributed by atoms with Crippen molar-refractivity contribution in [2.75, 3.05) is 33.2 Å². The van der Waals surface area contributed by atoms with Crippen LogP contribution in [0.3, 0.4) is 0 Å². The predicted molar refractivity (Wildman–Crippen MR) is 259 cm³/mol. The lowest BCUT2D eigenvalue weighted by molar-refractivity contribution is 0.206. The van der Waals surface area contributed by atoms with Gasteiger partial charge in [-0.25, -0.2) is 9.97 Å². The van der Waals surface area contributed by atoms with Gasteiger partial charge in [-0.1, -0.05) is 47.5 Å². The van der Waals surface area contributed by atoms with Crippen molar-refractivity contribution in [3.05, 3.63) is 163 Å². The molecule has 2 aliphatic heterocycles. The molecule has 10 rings (SSSR count). The third-order valence-electron chi connectivity index (χ3n) is 14.4. The van der Waals surface area contributed by atoms with Crippen molar-refractivity contribution in [2.24, 2.45) is 11.8 Å². The van der Waals surface area contributed by atoms with E-state index in [1.54, 1.807) is 0 Å². The largest absolute Gasteiger partial charge is 0.334 e. The van der Waals surface area contributed by atoms with Crippen LogP contribution in [0.1, 0.15) is 118 Å². The van der Waals surface area contributed by atoms with Gasteiger partial charge in [0.15, 0.2) is 0 Å². The average molecular weight is 880 g/mol. The summed E-state index contributed by atoms with van der Waals surface area (Å²) in [5.41, 5.74) is 17.6. The van der Waals surface area contributed by atoms with Crippen molar-refractivity contribution in [1.29, 1.82) is 0 Å². The fourth-order valence-corrected chi connectivity index (χ4v) is 10.9. The fraction of sp³-hybridized carbons (Fsp3) is 0.396. The van der Waals surface area contributed by atoms with Crippen LogP contribution in [0.15, 0.2) is 85.7 Å². The number of hydrogen-bond donors (Lipinski definition) is 1. The first-order valence-corrected chi connectivity index (χ1v) is 23.6. The number of allylic oxidation sites excluding steroid dienone is 2. The number of aromatic nitrogens is 6. The van der Waals surface area contributed by atoms with Crippen molar-refractivity contribution < 1.29 is 0 Å². The third-order valence-corrected chi connectivity index (χ3v) is 14.9. The number of aryl methyl sites for hydroxylation is 4. The molecule has 10 heteroatoms. The number of hydrogen-bond acceptors (Lipinski definition) is 6. The Balaban J connectivity index is 0.000000160. The van der Waals surface area contributed by atoms with Gasteiger partial charge in [0.25, 0.3) is 0 Å². The maximum Gasteiger partial charge on any atom is 0.0951 e. The van der Waals surface area contributed by atoms with E-state index in [1.165, 1.54) is 93.0 Å². The SMILES string of the molecule is Cc1ncn(CCC2=Cc3cccnc3C(C3CCN(C)CC3)c3ccc(Cl)cc32)c1C.Cc1ncn(CCC2=Cc3cccnc3C(C3CCNCC3)c3ccc(Cl)cc32)c1C. The summed E-state index contributed by atoms with van der Waals surface area (Å²) >= 11 is 13.1. The molecule has 2 aromatic carbocycles. The molecule has 4 aromatic heterocycles. The van der Waals surface area contributed by atoms with Gasteiger partial charge in [0.05, 0.1) is 35.4 Å². The van der Waals surface area contributed by atoms with Gasteiger partial charge in [-0.3, -0.25) is 9.97 Å². The van der Waals surface area contributed by atoms with E-state index in [0.29, 0.717) is 23.7 Å². The van der Waals surface area contributed by atoms with E-state index in [1.807, 2.05) is 31.1 Å². The van der Waals surface area contributed by atoms with Gasteiger partial charge in [-0.2, -0.15) is 0 Å². The lowest BCUT2D eigenvalue weighted by atomic mass is 9.76. The Hall–Kier alpha value is -4.86. The first-order valence-electron chi connectivity index (χ1n) is 22.9. The normalized spacial score (nSPS) is 19.0. The molecular formula is C53H60Cl2N8. The Kier molecular flexibility index (Phi) is 13.1. The Morgan fingerprint density at radius 2 is 1.06 bits per heavy atom. The molecule has 2 aliphatic carbocycles. The zero-order valence-corrected chi connectivity index (χ0v) is 38.9. The highest BCUT2D eigenvalue weighted by Gasteiger charge is 2.35. The fourth-order valence-electron chi connectivity index (χ4n) is 10.5. The van der Waals surface area contributed by atoms with Crippen molar-refractivity contribution in [2.45, 2.75) is 91.1 Å². The quantitative estimate of drug-likeness (QED) is 0.164. The van der Waals surface area contributed by atoms with Gasteiger partial charge in [0.2, 0.25) is 0 Å². The van der Waals surface area contributed by atoms with Gasteiger partial charge < -0.3 is 19.4 Å². The van der Waals surface area contributed by atoms with Gasteiger partial charge >= 0.3 is 0 Å². The maximum absolute atomic E-state index is 6.54. The molecule has 0 saturated carbocycles. The number of likely N-dealkylation sites (tertiary alicyclic amines) is 1.